The van der Waals surface area contributed by atoms with Crippen LogP contribution in [0.15, 0.2) is 0 Å². The molecule has 0 aliphatic heterocycles. The Kier molecular flexibility index (Phi) is 5.57. The van der Waals surface area contributed by atoms with Crippen LogP contribution in [0.3, 0.4) is 0 Å². The molecule has 0 aliphatic carbocycles. The van der Waals surface area contributed by atoms with Crippen molar-refractivity contribution in [3.05, 3.63) is 0 Å². The molecule has 0 bridgehead atoms. The van der Waals surface area contributed by atoms with Gasteiger partial charge >= 0.3 is 0 Å². The van der Waals surface area contributed by atoms with Crippen LogP contribution in [0.4, 0.5) is 0 Å². The number of hydrogen-bond acceptors (Lipinski definition) is 1. The van der Waals surface area contributed by atoms with E-state index in [-0.39, 0.29) is 0 Å². The van der Waals surface area contributed by atoms with Crippen LogP contribution in [0, 0.1) is 11.8 Å². The minimum absolute atomic E-state index is 0.671. The zero-order valence-corrected chi connectivity index (χ0v) is 8.65. The lowest BCUT2D eigenvalue weighted by Crippen LogP contribution is -2.35. The Morgan fingerprint density at radius 2 is 1.64 bits per heavy atom. The molecular weight excluding hydrogens is 134 g/mol. The molecule has 0 saturated carbocycles. The molecular formula is C10H23N. The topological polar surface area (TPSA) is 12.0 Å². The Bertz CT molecular complexity index is 88.9. The van der Waals surface area contributed by atoms with Crippen LogP contribution in [-0.4, -0.2) is 12.6 Å². The van der Waals surface area contributed by atoms with Crippen molar-refractivity contribution in [3.63, 3.8) is 0 Å². The monoisotopic (exact) mass is 157 g/mol. The zero-order valence-electron chi connectivity index (χ0n) is 8.65. The van der Waals surface area contributed by atoms with E-state index in [1.807, 2.05) is 0 Å². The van der Waals surface area contributed by atoms with Gasteiger partial charge in [0.2, 0.25) is 0 Å². The first-order chi connectivity index (χ1) is 5.13. The second-order valence-corrected chi connectivity index (χ2v) is 3.66. The summed E-state index contributed by atoms with van der Waals surface area (Å²) in [7, 11) is 0. The van der Waals surface area contributed by atoms with Gasteiger partial charge in [-0.3, -0.25) is 0 Å². The van der Waals surface area contributed by atoms with E-state index in [0.717, 1.165) is 18.4 Å². The van der Waals surface area contributed by atoms with Gasteiger partial charge in [0.1, 0.15) is 0 Å². The molecule has 11 heavy (non-hydrogen) atoms. The van der Waals surface area contributed by atoms with Crippen molar-refractivity contribution < 1.29 is 0 Å². The van der Waals surface area contributed by atoms with Crippen LogP contribution in [0.1, 0.15) is 41.0 Å². The second-order valence-electron chi connectivity index (χ2n) is 3.66. The van der Waals surface area contributed by atoms with Crippen LogP contribution in [0.5, 0.6) is 0 Å². The molecule has 1 nitrogen and oxygen atoms in total. The molecule has 0 radical (unpaired) electrons. The maximum Gasteiger partial charge on any atom is 0.00692 e. The lowest BCUT2D eigenvalue weighted by molar-refractivity contribution is 0.285. The molecule has 68 valence electrons. The predicted octanol–water partition coefficient (Wildman–Crippen LogP) is 2.67. The molecule has 0 heterocycles. The minimum atomic E-state index is 0.671. The summed E-state index contributed by atoms with van der Waals surface area (Å²) < 4.78 is 0. The maximum atomic E-state index is 3.48. The third kappa shape index (κ3) is 3.76. The third-order valence-electron chi connectivity index (χ3n) is 2.50. The lowest BCUT2D eigenvalue weighted by Gasteiger charge is -2.26. The Labute approximate surface area is 71.6 Å². The van der Waals surface area contributed by atoms with Gasteiger partial charge in [0.15, 0.2) is 0 Å². The summed E-state index contributed by atoms with van der Waals surface area (Å²) in [6.07, 6.45) is 1.28. The summed E-state index contributed by atoms with van der Waals surface area (Å²) in [6.45, 7) is 12.4. The van der Waals surface area contributed by atoms with Crippen molar-refractivity contribution in [2.24, 2.45) is 11.8 Å². The SMILES string of the molecule is CCNC(C)C(CC)C(C)C. The molecule has 0 aromatic carbocycles. The molecule has 0 spiro atoms. The van der Waals surface area contributed by atoms with E-state index in [2.05, 4.69) is 39.9 Å². The van der Waals surface area contributed by atoms with Crippen molar-refractivity contribution >= 4 is 0 Å². The fourth-order valence-corrected chi connectivity index (χ4v) is 1.88. The quantitative estimate of drug-likeness (QED) is 0.647. The van der Waals surface area contributed by atoms with Gasteiger partial charge in [0.25, 0.3) is 0 Å². The summed E-state index contributed by atoms with van der Waals surface area (Å²) >= 11 is 0. The fraction of sp³-hybridized carbons (Fsp3) is 1.00. The highest BCUT2D eigenvalue weighted by Crippen LogP contribution is 2.18. The highest BCUT2D eigenvalue weighted by molar-refractivity contribution is 4.72. The first-order valence-electron chi connectivity index (χ1n) is 4.86. The van der Waals surface area contributed by atoms with E-state index in [9.17, 15) is 0 Å². The smallest absolute Gasteiger partial charge is 0.00692 e. The van der Waals surface area contributed by atoms with Gasteiger partial charge in [0, 0.05) is 6.04 Å². The van der Waals surface area contributed by atoms with Crippen molar-refractivity contribution in [3.8, 4) is 0 Å². The molecule has 2 unspecified atom stereocenters. The maximum absolute atomic E-state index is 3.48. The summed E-state index contributed by atoms with van der Waals surface area (Å²) in [4.78, 5) is 0. The number of rotatable bonds is 5. The van der Waals surface area contributed by atoms with Crippen LogP contribution >= 0.6 is 0 Å². The second kappa shape index (κ2) is 5.59. The highest BCUT2D eigenvalue weighted by atomic mass is 14.9. The van der Waals surface area contributed by atoms with Crippen LogP contribution < -0.4 is 5.32 Å². The van der Waals surface area contributed by atoms with Gasteiger partial charge in [0.05, 0.1) is 0 Å². The Morgan fingerprint density at radius 3 is 1.91 bits per heavy atom. The summed E-state index contributed by atoms with van der Waals surface area (Å²) in [5, 5.41) is 3.48. The number of nitrogens with one attached hydrogen (secondary N) is 1. The third-order valence-corrected chi connectivity index (χ3v) is 2.50. The average molecular weight is 157 g/mol. The molecule has 1 N–H and O–H groups in total. The molecule has 0 aliphatic rings. The van der Waals surface area contributed by atoms with Gasteiger partial charge in [-0.1, -0.05) is 34.1 Å². The molecule has 0 aromatic rings. The minimum Gasteiger partial charge on any atom is -0.314 e. The van der Waals surface area contributed by atoms with E-state index in [4.69, 9.17) is 0 Å². The molecule has 0 fully saturated rings. The average Bonchev–Trinajstić information content (AvgIpc) is 1.88. The van der Waals surface area contributed by atoms with E-state index in [1.54, 1.807) is 0 Å². The van der Waals surface area contributed by atoms with E-state index in [1.165, 1.54) is 6.42 Å². The van der Waals surface area contributed by atoms with Crippen LogP contribution in [0.25, 0.3) is 0 Å². The van der Waals surface area contributed by atoms with Crippen molar-refractivity contribution in [2.75, 3.05) is 6.54 Å². The largest absolute Gasteiger partial charge is 0.314 e. The van der Waals surface area contributed by atoms with E-state index in [0.29, 0.717) is 6.04 Å². The van der Waals surface area contributed by atoms with Crippen molar-refractivity contribution in [2.45, 2.75) is 47.1 Å². The normalized spacial score (nSPS) is 16.9. The van der Waals surface area contributed by atoms with Gasteiger partial charge in [-0.25, -0.2) is 0 Å². The molecule has 0 amide bonds. The predicted molar refractivity (Wildman–Crippen MR) is 51.8 cm³/mol. The molecule has 2 atom stereocenters. The summed E-state index contributed by atoms with van der Waals surface area (Å²) in [6, 6.07) is 0.671. The fourth-order valence-electron chi connectivity index (χ4n) is 1.88. The zero-order chi connectivity index (χ0) is 8.85. The van der Waals surface area contributed by atoms with Gasteiger partial charge in [-0.15, -0.1) is 0 Å². The standard InChI is InChI=1S/C10H23N/c1-6-10(8(3)4)9(5)11-7-2/h8-11H,6-7H2,1-5H3. The van der Waals surface area contributed by atoms with Crippen molar-refractivity contribution in [1.29, 1.82) is 0 Å². The molecule has 0 aromatic heterocycles. The van der Waals surface area contributed by atoms with Crippen LogP contribution in [0.2, 0.25) is 0 Å². The summed E-state index contributed by atoms with van der Waals surface area (Å²) in [5.41, 5.74) is 0. The first-order valence-corrected chi connectivity index (χ1v) is 4.86. The lowest BCUT2D eigenvalue weighted by atomic mass is 9.87. The van der Waals surface area contributed by atoms with Crippen molar-refractivity contribution in [1.82, 2.24) is 5.32 Å². The van der Waals surface area contributed by atoms with Gasteiger partial charge in [-0.2, -0.15) is 0 Å². The molecule has 0 rings (SSSR count). The molecule has 0 saturated heterocycles. The Balaban J connectivity index is 3.81. The summed E-state index contributed by atoms with van der Waals surface area (Å²) in [5.74, 6) is 1.63. The Morgan fingerprint density at radius 1 is 1.09 bits per heavy atom. The van der Waals surface area contributed by atoms with E-state index < -0.39 is 0 Å². The van der Waals surface area contributed by atoms with Gasteiger partial charge < -0.3 is 5.32 Å². The first kappa shape index (κ1) is 11.0. The number of hydrogen-bond donors (Lipinski definition) is 1. The van der Waals surface area contributed by atoms with Gasteiger partial charge in [-0.05, 0) is 25.3 Å². The van der Waals surface area contributed by atoms with Crippen LogP contribution in [-0.2, 0) is 0 Å². The highest BCUT2D eigenvalue weighted by Gasteiger charge is 2.17. The van der Waals surface area contributed by atoms with E-state index >= 15 is 0 Å². The Hall–Kier alpha value is -0.0400. The molecule has 1 heteroatoms.